The first-order valence-electron chi connectivity index (χ1n) is 8.03. The van der Waals surface area contributed by atoms with Crippen molar-refractivity contribution >= 4 is 39.9 Å². The molecule has 0 atom stereocenters. The summed E-state index contributed by atoms with van der Waals surface area (Å²) in [6, 6.07) is 8.13. The third-order valence-corrected chi connectivity index (χ3v) is 5.68. The van der Waals surface area contributed by atoms with Crippen molar-refractivity contribution in [3.63, 3.8) is 0 Å². The van der Waals surface area contributed by atoms with E-state index in [1.807, 2.05) is 18.7 Å². The third kappa shape index (κ3) is 4.61. The molecule has 2 heterocycles. The topological polar surface area (TPSA) is 70.1 Å². The van der Waals surface area contributed by atoms with Crippen molar-refractivity contribution in [1.82, 2.24) is 15.5 Å². The Morgan fingerprint density at radius 1 is 1.21 bits per heavy atom. The molecular weight excluding hydrogens is 342 g/mol. The number of aromatic nitrogens is 2. The monoisotopic (exact) mass is 363 g/mol. The summed E-state index contributed by atoms with van der Waals surface area (Å²) in [5, 5.41) is 14.9. The molecule has 0 aliphatic carbocycles. The maximum atomic E-state index is 11.9. The van der Waals surface area contributed by atoms with Gasteiger partial charge in [-0.05, 0) is 24.1 Å². The van der Waals surface area contributed by atoms with Crippen molar-refractivity contribution in [2.45, 2.75) is 19.9 Å². The molecule has 0 spiro atoms. The van der Waals surface area contributed by atoms with Crippen LogP contribution in [0.2, 0.25) is 0 Å². The Morgan fingerprint density at radius 2 is 1.96 bits per heavy atom. The Kier molecular flexibility index (Phi) is 5.92. The van der Waals surface area contributed by atoms with E-state index >= 15 is 0 Å². The predicted octanol–water partition coefficient (Wildman–Crippen LogP) is 2.98. The fourth-order valence-electron chi connectivity index (χ4n) is 2.42. The lowest BCUT2D eigenvalue weighted by atomic mass is 10.2. The van der Waals surface area contributed by atoms with E-state index in [0.29, 0.717) is 11.7 Å². The first-order chi connectivity index (χ1) is 11.7. The van der Waals surface area contributed by atoms with Gasteiger partial charge in [0, 0.05) is 36.8 Å². The Morgan fingerprint density at radius 3 is 2.62 bits per heavy atom. The van der Waals surface area contributed by atoms with E-state index in [4.69, 9.17) is 0 Å². The second-order valence-electron chi connectivity index (χ2n) is 5.43. The number of carbonyl (C=O) groups is 1. The van der Waals surface area contributed by atoms with Crippen molar-refractivity contribution in [3.05, 3.63) is 34.8 Å². The lowest BCUT2D eigenvalue weighted by Crippen LogP contribution is -2.32. The first kappa shape index (κ1) is 17.0. The van der Waals surface area contributed by atoms with Gasteiger partial charge >= 0.3 is 6.03 Å². The van der Waals surface area contributed by atoms with Gasteiger partial charge in [-0.15, -0.1) is 10.2 Å². The molecule has 8 heteroatoms. The molecule has 0 saturated carbocycles. The van der Waals surface area contributed by atoms with E-state index in [-0.39, 0.29) is 6.03 Å². The van der Waals surface area contributed by atoms with Gasteiger partial charge in [0.05, 0.1) is 0 Å². The quantitative estimate of drug-likeness (QED) is 0.855. The number of nitrogens with zero attached hydrogens (tertiary/aromatic N) is 3. The van der Waals surface area contributed by atoms with Gasteiger partial charge in [0.25, 0.3) is 0 Å². The van der Waals surface area contributed by atoms with E-state index in [1.165, 1.54) is 28.5 Å². The molecule has 0 unspecified atom stereocenters. The molecule has 0 radical (unpaired) electrons. The van der Waals surface area contributed by atoms with E-state index < -0.39 is 0 Å². The molecule has 0 bridgehead atoms. The highest BCUT2D eigenvalue weighted by Gasteiger charge is 2.11. The number of anilines is 2. The maximum Gasteiger partial charge on any atom is 0.321 e. The van der Waals surface area contributed by atoms with Gasteiger partial charge in [-0.1, -0.05) is 30.4 Å². The standard InChI is InChI=1S/C16H21N5OS2/c1-2-14-19-20-16(24-14)18-15(22)17-11-12-3-5-13(6-4-12)21-7-9-23-10-8-21/h3-6H,2,7-11H2,1H3,(H2,17,18,20,22). The highest BCUT2D eigenvalue weighted by atomic mass is 32.2. The Hall–Kier alpha value is -1.80. The summed E-state index contributed by atoms with van der Waals surface area (Å²) in [5.41, 5.74) is 2.33. The van der Waals surface area contributed by atoms with E-state index in [9.17, 15) is 4.79 Å². The number of amides is 2. The summed E-state index contributed by atoms with van der Waals surface area (Å²) < 4.78 is 0. The lowest BCUT2D eigenvalue weighted by molar-refractivity contribution is 0.251. The van der Waals surface area contributed by atoms with Crippen LogP contribution in [0.4, 0.5) is 15.6 Å². The average Bonchev–Trinajstić information content (AvgIpc) is 3.09. The number of hydrogen-bond donors (Lipinski definition) is 2. The second-order valence-corrected chi connectivity index (χ2v) is 7.71. The van der Waals surface area contributed by atoms with Gasteiger partial charge in [0.2, 0.25) is 5.13 Å². The van der Waals surface area contributed by atoms with Crippen LogP contribution in [0, 0.1) is 0 Å². The smallest absolute Gasteiger partial charge is 0.321 e. The Labute approximate surface area is 150 Å². The number of thioether (sulfide) groups is 1. The normalized spacial score (nSPS) is 14.5. The fraction of sp³-hybridized carbons (Fsp3) is 0.438. The van der Waals surface area contributed by atoms with Crippen molar-refractivity contribution in [2.75, 3.05) is 34.8 Å². The van der Waals surface area contributed by atoms with Crippen LogP contribution in [0.15, 0.2) is 24.3 Å². The summed E-state index contributed by atoms with van der Waals surface area (Å²) in [4.78, 5) is 14.3. The molecule has 1 aromatic heterocycles. The van der Waals surface area contributed by atoms with Crippen LogP contribution in [-0.4, -0.2) is 40.8 Å². The van der Waals surface area contributed by atoms with Crippen LogP contribution >= 0.6 is 23.1 Å². The third-order valence-electron chi connectivity index (χ3n) is 3.76. The molecule has 2 amide bonds. The van der Waals surface area contributed by atoms with Crippen LogP contribution in [0.5, 0.6) is 0 Å². The molecule has 24 heavy (non-hydrogen) atoms. The first-order valence-corrected chi connectivity index (χ1v) is 10.0. The number of aryl methyl sites for hydroxylation is 1. The zero-order valence-electron chi connectivity index (χ0n) is 13.6. The van der Waals surface area contributed by atoms with E-state index in [2.05, 4.69) is 50.0 Å². The van der Waals surface area contributed by atoms with Gasteiger partial charge < -0.3 is 10.2 Å². The predicted molar refractivity (Wildman–Crippen MR) is 101 cm³/mol. The van der Waals surface area contributed by atoms with Gasteiger partial charge in [0.15, 0.2) is 0 Å². The maximum absolute atomic E-state index is 11.9. The van der Waals surface area contributed by atoms with Gasteiger partial charge in [-0.25, -0.2) is 4.79 Å². The average molecular weight is 364 g/mol. The van der Waals surface area contributed by atoms with Crippen molar-refractivity contribution < 1.29 is 4.79 Å². The number of urea groups is 1. The highest BCUT2D eigenvalue weighted by Crippen LogP contribution is 2.20. The number of nitrogens with one attached hydrogen (secondary N) is 2. The van der Waals surface area contributed by atoms with Crippen LogP contribution in [-0.2, 0) is 13.0 Å². The number of benzene rings is 1. The minimum Gasteiger partial charge on any atom is -0.370 e. The molecule has 1 aliphatic rings. The largest absolute Gasteiger partial charge is 0.370 e. The van der Waals surface area contributed by atoms with Gasteiger partial charge in [-0.2, -0.15) is 11.8 Å². The summed E-state index contributed by atoms with van der Waals surface area (Å²) in [7, 11) is 0. The zero-order chi connectivity index (χ0) is 16.8. The number of hydrogen-bond acceptors (Lipinski definition) is 6. The second kappa shape index (κ2) is 8.34. The van der Waals surface area contributed by atoms with E-state index in [0.717, 1.165) is 30.1 Å². The molecular formula is C16H21N5OS2. The molecule has 2 aromatic rings. The molecule has 2 N–H and O–H groups in total. The SMILES string of the molecule is CCc1nnc(NC(=O)NCc2ccc(N3CCSCC3)cc2)s1. The van der Waals surface area contributed by atoms with Crippen LogP contribution in [0.1, 0.15) is 17.5 Å². The molecule has 1 fully saturated rings. The van der Waals surface area contributed by atoms with Crippen LogP contribution in [0.3, 0.4) is 0 Å². The van der Waals surface area contributed by atoms with Gasteiger partial charge in [-0.3, -0.25) is 5.32 Å². The lowest BCUT2D eigenvalue weighted by Gasteiger charge is -2.28. The Balaban J connectivity index is 1.48. The molecule has 3 rings (SSSR count). The summed E-state index contributed by atoms with van der Waals surface area (Å²) in [6.45, 7) is 4.71. The molecule has 128 valence electrons. The number of carbonyl (C=O) groups excluding carboxylic acids is 1. The highest BCUT2D eigenvalue weighted by molar-refractivity contribution is 7.99. The van der Waals surface area contributed by atoms with Gasteiger partial charge in [0.1, 0.15) is 5.01 Å². The minimum absolute atomic E-state index is 0.258. The van der Waals surface area contributed by atoms with Crippen molar-refractivity contribution in [2.24, 2.45) is 0 Å². The molecule has 1 aromatic carbocycles. The zero-order valence-corrected chi connectivity index (χ0v) is 15.3. The molecule has 6 nitrogen and oxygen atoms in total. The fourth-order valence-corrected chi connectivity index (χ4v) is 3.99. The van der Waals surface area contributed by atoms with Crippen LogP contribution < -0.4 is 15.5 Å². The van der Waals surface area contributed by atoms with Crippen molar-refractivity contribution in [1.29, 1.82) is 0 Å². The molecule has 1 aliphatic heterocycles. The summed E-state index contributed by atoms with van der Waals surface area (Å²) >= 11 is 3.41. The Bertz CT molecular complexity index is 667. The number of rotatable bonds is 5. The molecule has 1 saturated heterocycles. The van der Waals surface area contributed by atoms with Crippen molar-refractivity contribution in [3.8, 4) is 0 Å². The van der Waals surface area contributed by atoms with E-state index in [1.54, 1.807) is 0 Å². The minimum atomic E-state index is -0.258. The van der Waals surface area contributed by atoms with Crippen LogP contribution in [0.25, 0.3) is 0 Å². The summed E-state index contributed by atoms with van der Waals surface area (Å²) in [6.07, 6.45) is 0.822. The summed E-state index contributed by atoms with van der Waals surface area (Å²) in [5.74, 6) is 2.38.